The van der Waals surface area contributed by atoms with Gasteiger partial charge in [-0.2, -0.15) is 0 Å². The SMILES string of the molecule is C=C/C(=N\C(=N/C(=C)c1ccc(C)nc1C)c1ccc2c(c1)C1(c3ccccc3-c3ccccc31)c1ccccc1-2)c1ccccc1. The second-order valence-electron chi connectivity index (χ2n) is 12.2. The summed E-state index contributed by atoms with van der Waals surface area (Å²) in [6.07, 6.45) is 1.79. The van der Waals surface area contributed by atoms with Gasteiger partial charge in [-0.05, 0) is 82.6 Å². The predicted molar refractivity (Wildman–Crippen MR) is 195 cm³/mol. The van der Waals surface area contributed by atoms with Gasteiger partial charge in [-0.15, -0.1) is 0 Å². The minimum atomic E-state index is -0.459. The number of nitrogens with zero attached hydrogens (tertiary/aromatic N) is 3. The molecule has 0 N–H and O–H groups in total. The molecule has 1 aromatic heterocycles. The van der Waals surface area contributed by atoms with Crippen LogP contribution in [0.3, 0.4) is 0 Å². The van der Waals surface area contributed by atoms with Crippen LogP contribution in [0.4, 0.5) is 0 Å². The predicted octanol–water partition coefficient (Wildman–Crippen LogP) is 10.1. The molecule has 0 saturated heterocycles. The summed E-state index contributed by atoms with van der Waals surface area (Å²) in [5.74, 6) is 0.571. The zero-order chi connectivity index (χ0) is 32.1. The van der Waals surface area contributed by atoms with Crippen molar-refractivity contribution < 1.29 is 0 Å². The Morgan fingerprint density at radius 2 is 1.15 bits per heavy atom. The van der Waals surface area contributed by atoms with Crippen LogP contribution < -0.4 is 0 Å². The van der Waals surface area contributed by atoms with Crippen molar-refractivity contribution in [3.63, 3.8) is 0 Å². The van der Waals surface area contributed by atoms with Crippen molar-refractivity contribution in [3.05, 3.63) is 203 Å². The molecule has 2 aliphatic rings. The van der Waals surface area contributed by atoms with Gasteiger partial charge in [-0.1, -0.05) is 128 Å². The molecule has 2 aliphatic carbocycles. The van der Waals surface area contributed by atoms with E-state index in [0.717, 1.165) is 33.8 Å². The lowest BCUT2D eigenvalue weighted by molar-refractivity contribution is 0.793. The molecule has 3 heteroatoms. The van der Waals surface area contributed by atoms with Crippen LogP contribution in [0.2, 0.25) is 0 Å². The molecule has 0 fully saturated rings. The van der Waals surface area contributed by atoms with Gasteiger partial charge in [0.2, 0.25) is 0 Å². The van der Waals surface area contributed by atoms with Gasteiger partial charge in [-0.3, -0.25) is 4.98 Å². The molecule has 47 heavy (non-hydrogen) atoms. The van der Waals surface area contributed by atoms with Crippen LogP contribution in [0.5, 0.6) is 0 Å². The summed E-state index contributed by atoms with van der Waals surface area (Å²) in [4.78, 5) is 15.0. The summed E-state index contributed by atoms with van der Waals surface area (Å²) < 4.78 is 0. The van der Waals surface area contributed by atoms with Gasteiger partial charge in [0.1, 0.15) is 0 Å². The average molecular weight is 604 g/mol. The number of hydrogen-bond donors (Lipinski definition) is 0. The number of benzene rings is 5. The van der Waals surface area contributed by atoms with Gasteiger partial charge in [0.05, 0.1) is 16.8 Å². The summed E-state index contributed by atoms with van der Waals surface area (Å²) in [5, 5.41) is 0. The highest BCUT2D eigenvalue weighted by atomic mass is 14.9. The molecule has 0 amide bonds. The van der Waals surface area contributed by atoms with E-state index < -0.39 is 5.41 Å². The third-order valence-electron chi connectivity index (χ3n) is 9.52. The van der Waals surface area contributed by atoms with E-state index in [0.29, 0.717) is 11.5 Å². The summed E-state index contributed by atoms with van der Waals surface area (Å²) >= 11 is 0. The van der Waals surface area contributed by atoms with Crippen LogP contribution >= 0.6 is 0 Å². The van der Waals surface area contributed by atoms with Gasteiger partial charge in [-0.25, -0.2) is 9.98 Å². The minimum absolute atomic E-state index is 0.459. The Morgan fingerprint density at radius 1 is 0.596 bits per heavy atom. The number of hydrogen-bond acceptors (Lipinski definition) is 2. The molecule has 0 atom stereocenters. The maximum absolute atomic E-state index is 5.19. The van der Waals surface area contributed by atoms with E-state index in [2.05, 4.69) is 109 Å². The molecule has 0 radical (unpaired) electrons. The standard InChI is InChI=1S/C44H33N3/c1-5-42(31-15-7-6-8-16-31)47-43(46-30(4)33-25-23-28(2)45-29(33)3)32-24-26-37-36-19-11-14-22-40(36)44(41(37)27-32)38-20-12-9-17-34(38)35-18-10-13-21-39(35)44/h5-27H,1,4H2,2-3H3/b46-43-,47-42+. The van der Waals surface area contributed by atoms with Crippen molar-refractivity contribution in [2.24, 2.45) is 9.98 Å². The number of fused-ring (bicyclic) bond motifs is 10. The molecule has 0 unspecified atom stereocenters. The Labute approximate surface area is 276 Å². The van der Waals surface area contributed by atoms with Crippen LogP contribution in [0.1, 0.15) is 50.3 Å². The number of allylic oxidation sites excluding steroid dienone is 1. The summed E-state index contributed by atoms with van der Waals surface area (Å²) in [7, 11) is 0. The maximum Gasteiger partial charge on any atom is 0.160 e. The molecule has 3 nitrogen and oxygen atoms in total. The fourth-order valence-corrected chi connectivity index (χ4v) is 7.52. The third kappa shape index (κ3) is 4.39. The zero-order valence-corrected chi connectivity index (χ0v) is 26.5. The van der Waals surface area contributed by atoms with E-state index in [1.807, 2.05) is 56.3 Å². The first kappa shape index (κ1) is 28.5. The zero-order valence-electron chi connectivity index (χ0n) is 26.5. The Bertz CT molecular complexity index is 2240. The lowest BCUT2D eigenvalue weighted by Crippen LogP contribution is -2.26. The number of aromatic nitrogens is 1. The van der Waals surface area contributed by atoms with E-state index in [1.54, 1.807) is 6.08 Å². The summed E-state index contributed by atoms with van der Waals surface area (Å²) in [5.41, 5.74) is 15.7. The second-order valence-corrected chi connectivity index (χ2v) is 12.2. The van der Waals surface area contributed by atoms with Gasteiger partial charge < -0.3 is 0 Å². The van der Waals surface area contributed by atoms with E-state index in [1.165, 1.54) is 44.5 Å². The highest BCUT2D eigenvalue weighted by Gasteiger charge is 2.51. The first-order valence-corrected chi connectivity index (χ1v) is 15.9. The monoisotopic (exact) mass is 603 g/mol. The molecular weight excluding hydrogens is 571 g/mol. The first-order valence-electron chi connectivity index (χ1n) is 15.9. The topological polar surface area (TPSA) is 37.6 Å². The first-order chi connectivity index (χ1) is 23.0. The Hall–Kier alpha value is -5.93. The largest absolute Gasteiger partial charge is 0.258 e. The fraction of sp³-hybridized carbons (Fsp3) is 0.0682. The summed E-state index contributed by atoms with van der Waals surface area (Å²) in [6, 6.07) is 47.4. The van der Waals surface area contributed by atoms with E-state index in [4.69, 9.17) is 9.98 Å². The van der Waals surface area contributed by atoms with Crippen molar-refractivity contribution in [2.45, 2.75) is 19.3 Å². The van der Waals surface area contributed by atoms with Crippen LogP contribution in [-0.4, -0.2) is 16.5 Å². The highest BCUT2D eigenvalue weighted by molar-refractivity contribution is 6.17. The minimum Gasteiger partial charge on any atom is -0.258 e. The van der Waals surface area contributed by atoms with Crippen LogP contribution in [-0.2, 0) is 5.41 Å². The van der Waals surface area contributed by atoms with Gasteiger partial charge >= 0.3 is 0 Å². The lowest BCUT2D eigenvalue weighted by atomic mass is 9.70. The van der Waals surface area contributed by atoms with Crippen molar-refractivity contribution in [1.82, 2.24) is 4.98 Å². The lowest BCUT2D eigenvalue weighted by Gasteiger charge is -2.30. The number of pyridine rings is 1. The van der Waals surface area contributed by atoms with Crippen LogP contribution in [0, 0.1) is 13.8 Å². The average Bonchev–Trinajstić information content (AvgIpc) is 3.57. The molecule has 224 valence electrons. The Morgan fingerprint density at radius 3 is 1.72 bits per heavy atom. The number of rotatable bonds is 5. The highest BCUT2D eigenvalue weighted by Crippen LogP contribution is 2.62. The van der Waals surface area contributed by atoms with Gasteiger partial charge in [0, 0.05) is 28.1 Å². The molecule has 1 heterocycles. The van der Waals surface area contributed by atoms with Crippen LogP contribution in [0.25, 0.3) is 28.0 Å². The molecule has 0 aliphatic heterocycles. The van der Waals surface area contributed by atoms with Gasteiger partial charge in [0.15, 0.2) is 5.84 Å². The third-order valence-corrected chi connectivity index (χ3v) is 9.52. The number of aryl methyl sites for hydroxylation is 2. The summed E-state index contributed by atoms with van der Waals surface area (Å²) in [6.45, 7) is 12.5. The quantitative estimate of drug-likeness (QED) is 0.142. The van der Waals surface area contributed by atoms with E-state index in [-0.39, 0.29) is 0 Å². The normalized spacial score (nSPS) is 13.9. The number of aliphatic imine (C=N–C) groups is 2. The second kappa shape index (κ2) is 11.1. The van der Waals surface area contributed by atoms with Crippen molar-refractivity contribution >= 4 is 17.2 Å². The fourth-order valence-electron chi connectivity index (χ4n) is 7.52. The Kier molecular flexibility index (Phi) is 6.77. The van der Waals surface area contributed by atoms with Crippen LogP contribution in [0.15, 0.2) is 163 Å². The van der Waals surface area contributed by atoms with Crippen molar-refractivity contribution in [1.29, 1.82) is 0 Å². The number of amidine groups is 1. The smallest absolute Gasteiger partial charge is 0.160 e. The molecule has 6 aromatic rings. The molecular formula is C44H33N3. The molecule has 0 saturated carbocycles. The van der Waals surface area contributed by atoms with Crippen molar-refractivity contribution in [3.8, 4) is 22.3 Å². The maximum atomic E-state index is 5.19. The molecule has 0 bridgehead atoms. The van der Waals surface area contributed by atoms with Gasteiger partial charge in [0.25, 0.3) is 0 Å². The molecule has 8 rings (SSSR count). The van der Waals surface area contributed by atoms with Crippen molar-refractivity contribution in [2.75, 3.05) is 0 Å². The molecule has 5 aromatic carbocycles. The van der Waals surface area contributed by atoms with E-state index in [9.17, 15) is 0 Å². The van der Waals surface area contributed by atoms with E-state index >= 15 is 0 Å². The molecule has 1 spiro atoms. The Balaban J connectivity index is 1.39.